The number of likely N-dealkylation sites (tertiary alicyclic amines) is 1. The molecule has 5 heteroatoms. The number of ether oxygens (including phenoxy) is 1. The Kier molecular flexibility index (Phi) is 6.30. The minimum absolute atomic E-state index is 0.0220. The summed E-state index contributed by atoms with van der Waals surface area (Å²) in [5.74, 6) is 1.44. The van der Waals surface area contributed by atoms with Crippen LogP contribution in [-0.2, 0) is 4.79 Å². The number of carbonyl (C=O) groups excluding carboxylic acids is 1. The number of hydrogen-bond donors (Lipinski definition) is 1. The van der Waals surface area contributed by atoms with Gasteiger partial charge in [0.2, 0.25) is 0 Å². The fourth-order valence-corrected chi connectivity index (χ4v) is 3.86. The highest BCUT2D eigenvalue weighted by Gasteiger charge is 2.24. The Morgan fingerprint density at radius 2 is 1.84 bits per heavy atom. The number of benzene rings is 1. The molecule has 3 rings (SSSR count). The molecular formula is C20H27N3O2. The standard InChI is InChI=1S/C20H27N3O2/c21-13-16-5-7-19(8-6-16)25-15-20(24)22-18-9-11-23(12-10-18)14-17-3-1-2-4-17/h5-8,17-18H,1-4,9-12,14-15H2,(H,22,24). The van der Waals surface area contributed by atoms with E-state index in [9.17, 15) is 4.79 Å². The van der Waals surface area contributed by atoms with Crippen molar-refractivity contribution >= 4 is 5.91 Å². The second kappa shape index (κ2) is 8.87. The number of nitrogens with zero attached hydrogens (tertiary/aromatic N) is 2. The van der Waals surface area contributed by atoms with Crippen LogP contribution in [0.25, 0.3) is 0 Å². The molecule has 0 atom stereocenters. The molecule has 134 valence electrons. The lowest BCUT2D eigenvalue weighted by atomic mass is 10.0. The highest BCUT2D eigenvalue weighted by Crippen LogP contribution is 2.26. The first-order valence-corrected chi connectivity index (χ1v) is 9.37. The first-order valence-electron chi connectivity index (χ1n) is 9.37. The summed E-state index contributed by atoms with van der Waals surface area (Å²) in [6, 6.07) is 9.13. The molecule has 25 heavy (non-hydrogen) atoms. The van der Waals surface area contributed by atoms with Gasteiger partial charge in [-0.05, 0) is 55.9 Å². The van der Waals surface area contributed by atoms with Crippen LogP contribution in [0.2, 0.25) is 0 Å². The van der Waals surface area contributed by atoms with E-state index in [4.69, 9.17) is 10.00 Å². The average molecular weight is 341 g/mol. The van der Waals surface area contributed by atoms with E-state index >= 15 is 0 Å². The minimum Gasteiger partial charge on any atom is -0.484 e. The number of piperidine rings is 1. The van der Waals surface area contributed by atoms with E-state index in [0.29, 0.717) is 11.3 Å². The minimum atomic E-state index is -0.0707. The molecule has 1 aromatic rings. The molecule has 2 aliphatic rings. The summed E-state index contributed by atoms with van der Waals surface area (Å²) < 4.78 is 5.49. The normalized spacial score (nSPS) is 19.5. The third-order valence-electron chi connectivity index (χ3n) is 5.30. The smallest absolute Gasteiger partial charge is 0.258 e. The van der Waals surface area contributed by atoms with Crippen molar-refractivity contribution in [3.8, 4) is 11.8 Å². The molecule has 1 amide bonds. The van der Waals surface area contributed by atoms with E-state index in [1.807, 2.05) is 0 Å². The van der Waals surface area contributed by atoms with E-state index in [2.05, 4.69) is 16.3 Å². The topological polar surface area (TPSA) is 65.4 Å². The maximum atomic E-state index is 12.1. The Balaban J connectivity index is 1.33. The van der Waals surface area contributed by atoms with Crippen LogP contribution < -0.4 is 10.1 Å². The molecular weight excluding hydrogens is 314 g/mol. The van der Waals surface area contributed by atoms with Crippen LogP contribution >= 0.6 is 0 Å². The number of amides is 1. The maximum absolute atomic E-state index is 12.1. The van der Waals surface area contributed by atoms with Crippen molar-refractivity contribution in [2.24, 2.45) is 5.92 Å². The first kappa shape index (κ1) is 17.8. The average Bonchev–Trinajstić information content (AvgIpc) is 3.15. The summed E-state index contributed by atoms with van der Waals surface area (Å²) in [5, 5.41) is 11.9. The molecule has 2 fully saturated rings. The Bertz CT molecular complexity index is 594. The Morgan fingerprint density at radius 3 is 2.48 bits per heavy atom. The number of nitriles is 1. The van der Waals surface area contributed by atoms with Gasteiger partial charge in [0.15, 0.2) is 6.61 Å². The predicted octanol–water partition coefficient (Wildman–Crippen LogP) is 2.71. The fraction of sp³-hybridized carbons (Fsp3) is 0.600. The number of rotatable bonds is 6. The third-order valence-corrected chi connectivity index (χ3v) is 5.30. The van der Waals surface area contributed by atoms with Crippen LogP contribution in [-0.4, -0.2) is 43.1 Å². The van der Waals surface area contributed by atoms with Gasteiger partial charge in [-0.15, -0.1) is 0 Å². The monoisotopic (exact) mass is 341 g/mol. The van der Waals surface area contributed by atoms with Gasteiger partial charge in [0.1, 0.15) is 5.75 Å². The van der Waals surface area contributed by atoms with Gasteiger partial charge in [0.25, 0.3) is 5.91 Å². The van der Waals surface area contributed by atoms with E-state index in [1.54, 1.807) is 24.3 Å². The van der Waals surface area contributed by atoms with E-state index in [-0.39, 0.29) is 18.6 Å². The molecule has 0 bridgehead atoms. The van der Waals surface area contributed by atoms with Crippen LogP contribution in [0.1, 0.15) is 44.1 Å². The number of hydrogen-bond acceptors (Lipinski definition) is 4. The van der Waals surface area contributed by atoms with E-state index in [1.165, 1.54) is 32.2 Å². The molecule has 1 aliphatic heterocycles. The summed E-state index contributed by atoms with van der Waals surface area (Å²) >= 11 is 0. The van der Waals surface area contributed by atoms with Crippen molar-refractivity contribution in [2.45, 2.75) is 44.6 Å². The SMILES string of the molecule is N#Cc1ccc(OCC(=O)NC2CCN(CC3CCCC3)CC2)cc1. The fourth-order valence-electron chi connectivity index (χ4n) is 3.86. The molecule has 1 N–H and O–H groups in total. The van der Waals surface area contributed by atoms with E-state index < -0.39 is 0 Å². The zero-order valence-corrected chi connectivity index (χ0v) is 14.7. The van der Waals surface area contributed by atoms with Crippen molar-refractivity contribution in [3.63, 3.8) is 0 Å². The highest BCUT2D eigenvalue weighted by atomic mass is 16.5. The Morgan fingerprint density at radius 1 is 1.16 bits per heavy atom. The third kappa shape index (κ3) is 5.47. The van der Waals surface area contributed by atoms with Crippen LogP contribution in [0.4, 0.5) is 0 Å². The van der Waals surface area contributed by atoms with Gasteiger partial charge in [0.05, 0.1) is 11.6 Å². The summed E-state index contributed by atoms with van der Waals surface area (Å²) in [7, 11) is 0. The second-order valence-corrected chi connectivity index (χ2v) is 7.22. The molecule has 0 radical (unpaired) electrons. The van der Waals surface area contributed by atoms with E-state index in [0.717, 1.165) is 31.8 Å². The number of nitrogens with one attached hydrogen (secondary N) is 1. The molecule has 0 aromatic heterocycles. The lowest BCUT2D eigenvalue weighted by Gasteiger charge is -2.33. The molecule has 1 heterocycles. The Labute approximate surface area is 150 Å². The van der Waals surface area contributed by atoms with Gasteiger partial charge >= 0.3 is 0 Å². The van der Waals surface area contributed by atoms with Crippen LogP contribution in [0.3, 0.4) is 0 Å². The van der Waals surface area contributed by atoms with Gasteiger partial charge < -0.3 is 15.0 Å². The van der Waals surface area contributed by atoms with Crippen LogP contribution in [0.5, 0.6) is 5.75 Å². The van der Waals surface area contributed by atoms with Gasteiger partial charge in [-0.25, -0.2) is 0 Å². The lowest BCUT2D eigenvalue weighted by Crippen LogP contribution is -2.46. The van der Waals surface area contributed by atoms with Crippen molar-refractivity contribution < 1.29 is 9.53 Å². The predicted molar refractivity (Wildman–Crippen MR) is 96.2 cm³/mol. The largest absolute Gasteiger partial charge is 0.484 e. The molecule has 1 aromatic carbocycles. The second-order valence-electron chi connectivity index (χ2n) is 7.22. The van der Waals surface area contributed by atoms with Gasteiger partial charge in [-0.2, -0.15) is 5.26 Å². The van der Waals surface area contributed by atoms with Crippen molar-refractivity contribution in [3.05, 3.63) is 29.8 Å². The van der Waals surface area contributed by atoms with Gasteiger partial charge in [-0.3, -0.25) is 4.79 Å². The summed E-state index contributed by atoms with van der Waals surface area (Å²) in [4.78, 5) is 14.6. The molecule has 1 saturated carbocycles. The van der Waals surface area contributed by atoms with Crippen molar-refractivity contribution in [1.82, 2.24) is 10.2 Å². The lowest BCUT2D eigenvalue weighted by molar-refractivity contribution is -0.124. The molecule has 0 spiro atoms. The first-order chi connectivity index (χ1) is 12.2. The molecule has 1 saturated heterocycles. The zero-order chi connectivity index (χ0) is 17.5. The maximum Gasteiger partial charge on any atom is 0.258 e. The molecule has 1 aliphatic carbocycles. The molecule has 5 nitrogen and oxygen atoms in total. The number of carbonyl (C=O) groups is 1. The van der Waals surface area contributed by atoms with Gasteiger partial charge in [-0.1, -0.05) is 12.8 Å². The van der Waals surface area contributed by atoms with Crippen LogP contribution in [0, 0.1) is 17.2 Å². The van der Waals surface area contributed by atoms with Crippen molar-refractivity contribution in [2.75, 3.05) is 26.2 Å². The molecule has 0 unspecified atom stereocenters. The summed E-state index contributed by atoms with van der Waals surface area (Å²) in [5.41, 5.74) is 0.584. The summed E-state index contributed by atoms with van der Waals surface area (Å²) in [6.07, 6.45) is 7.63. The van der Waals surface area contributed by atoms with Crippen molar-refractivity contribution in [1.29, 1.82) is 5.26 Å². The Hall–Kier alpha value is -2.06. The highest BCUT2D eigenvalue weighted by molar-refractivity contribution is 5.77. The quantitative estimate of drug-likeness (QED) is 0.864. The van der Waals surface area contributed by atoms with Crippen LogP contribution in [0.15, 0.2) is 24.3 Å². The zero-order valence-electron chi connectivity index (χ0n) is 14.7. The summed E-state index contributed by atoms with van der Waals surface area (Å²) in [6.45, 7) is 3.42. The van der Waals surface area contributed by atoms with Gasteiger partial charge in [0, 0.05) is 25.7 Å².